The second kappa shape index (κ2) is 10.9. The van der Waals surface area contributed by atoms with Crippen LogP contribution in [0.5, 0.6) is 0 Å². The molecule has 6 rings (SSSR count). The van der Waals surface area contributed by atoms with Crippen LogP contribution in [0, 0.1) is 27.6 Å². The van der Waals surface area contributed by atoms with Crippen LogP contribution in [0.2, 0.25) is 0 Å². The quantitative estimate of drug-likeness (QED) is 0.390. The van der Waals surface area contributed by atoms with E-state index in [9.17, 15) is 19.5 Å². The van der Waals surface area contributed by atoms with Crippen molar-refractivity contribution in [2.75, 3.05) is 46.3 Å². The number of piperazine rings is 1. The summed E-state index contributed by atoms with van der Waals surface area (Å²) in [7, 11) is 2.13. The average molecular weight is 619 g/mol. The van der Waals surface area contributed by atoms with Crippen LogP contribution in [0.3, 0.4) is 0 Å². The summed E-state index contributed by atoms with van der Waals surface area (Å²) >= 11 is 0. The van der Waals surface area contributed by atoms with Gasteiger partial charge in [-0.1, -0.05) is 45.4 Å². The van der Waals surface area contributed by atoms with E-state index in [1.807, 2.05) is 6.92 Å². The lowest BCUT2D eigenvalue weighted by Crippen LogP contribution is -2.64. The van der Waals surface area contributed by atoms with E-state index >= 15 is 0 Å². The van der Waals surface area contributed by atoms with E-state index < -0.39 is 17.4 Å². The van der Waals surface area contributed by atoms with Crippen LogP contribution in [-0.2, 0) is 14.4 Å². The number of carbonyl (C=O) groups is 3. The first-order valence-electron chi connectivity index (χ1n) is 17.2. The Kier molecular flexibility index (Phi) is 7.83. The largest absolute Gasteiger partial charge is 0.504 e. The number of rotatable bonds is 4. The minimum atomic E-state index is -0.535. The Balaban J connectivity index is 1.20. The second-order valence-electron chi connectivity index (χ2n) is 16.5. The van der Waals surface area contributed by atoms with Crippen LogP contribution in [0.25, 0.3) is 0 Å². The summed E-state index contributed by atoms with van der Waals surface area (Å²) in [5.41, 5.74) is 3.46. The molecule has 1 saturated heterocycles. The molecule has 3 N–H and O–H groups in total. The molecule has 0 aromatic heterocycles. The average Bonchev–Trinajstić information content (AvgIpc) is 2.99. The molecule has 0 aromatic carbocycles. The summed E-state index contributed by atoms with van der Waals surface area (Å²) in [6.45, 7) is 18.9. The van der Waals surface area contributed by atoms with Crippen molar-refractivity contribution in [3.8, 4) is 0 Å². The number of hydrogen-bond acceptors (Lipinski definition) is 6. The van der Waals surface area contributed by atoms with Crippen molar-refractivity contribution in [1.82, 2.24) is 20.4 Å². The second-order valence-corrected chi connectivity index (χ2v) is 16.5. The van der Waals surface area contributed by atoms with E-state index in [1.165, 1.54) is 5.57 Å². The summed E-state index contributed by atoms with van der Waals surface area (Å²) < 4.78 is 0. The molecule has 0 bridgehead atoms. The van der Waals surface area contributed by atoms with Gasteiger partial charge in [-0.2, -0.15) is 0 Å². The van der Waals surface area contributed by atoms with Crippen molar-refractivity contribution in [2.45, 2.75) is 92.0 Å². The van der Waals surface area contributed by atoms with E-state index in [-0.39, 0.29) is 33.2 Å². The van der Waals surface area contributed by atoms with E-state index in [0.717, 1.165) is 88.8 Å². The molecule has 1 heterocycles. The molecular formula is C37H54N4O4. The number of allylic oxidation sites excluding steroid dienone is 7. The SMILES string of the molecule is CC1=C(O)C(=O)C=C2C1=CC=C1[C@@]2(C)CC[C@@]2(C)C3C[C@](C)(NC(=O)C(=O)NCCN4CCN(C)CC4)CC[C@]3(C)CC[C@]12C. The first kappa shape index (κ1) is 32.2. The van der Waals surface area contributed by atoms with Crippen LogP contribution < -0.4 is 10.6 Å². The highest BCUT2D eigenvalue weighted by atomic mass is 16.3. The summed E-state index contributed by atoms with van der Waals surface area (Å²) in [6.07, 6.45) is 13.0. The number of aliphatic hydroxyl groups excluding tert-OH is 1. The molecule has 5 aliphatic carbocycles. The van der Waals surface area contributed by atoms with Crippen LogP contribution >= 0.6 is 0 Å². The van der Waals surface area contributed by atoms with Gasteiger partial charge in [-0.3, -0.25) is 19.3 Å². The molecule has 6 aliphatic rings. The number of nitrogens with one attached hydrogen (secondary N) is 2. The van der Waals surface area contributed by atoms with Gasteiger partial charge in [-0.25, -0.2) is 0 Å². The Labute approximate surface area is 269 Å². The van der Waals surface area contributed by atoms with Gasteiger partial charge in [0.15, 0.2) is 5.76 Å². The van der Waals surface area contributed by atoms with Gasteiger partial charge in [0, 0.05) is 55.8 Å². The Morgan fingerprint density at radius 2 is 1.62 bits per heavy atom. The lowest BCUT2D eigenvalue weighted by atomic mass is 9.35. The van der Waals surface area contributed by atoms with Crippen LogP contribution in [0.15, 0.2) is 46.3 Å². The highest BCUT2D eigenvalue weighted by Crippen LogP contribution is 2.75. The lowest BCUT2D eigenvalue weighted by molar-refractivity contribution is -0.157. The van der Waals surface area contributed by atoms with Gasteiger partial charge in [0.05, 0.1) is 0 Å². The highest BCUT2D eigenvalue weighted by Gasteiger charge is 2.66. The van der Waals surface area contributed by atoms with E-state index in [0.29, 0.717) is 18.0 Å². The Hall–Kier alpha value is -2.71. The molecule has 4 fully saturated rings. The van der Waals surface area contributed by atoms with Gasteiger partial charge in [0.25, 0.3) is 0 Å². The van der Waals surface area contributed by atoms with Crippen molar-refractivity contribution >= 4 is 17.6 Å². The fraction of sp³-hybridized carbons (Fsp3) is 0.703. The van der Waals surface area contributed by atoms with Gasteiger partial charge in [0.2, 0.25) is 5.78 Å². The molecule has 0 radical (unpaired) electrons. The molecule has 3 saturated carbocycles. The standard InChI is InChI=1S/C37H54N4O4/c1-24-25-8-9-28-35(4,26(25)22-27(42)30(24)43)13-15-37(6)29-23-34(3,12-10-33(29,2)11-14-36(28,37)5)39-32(45)31(44)38-16-17-41-20-18-40(7)19-21-41/h8-9,22,29,43H,10-21,23H2,1-7H3,(H,38,44)(H,39,45)/t29?,33-,34-,35+,36-,37+/m1/s1. The van der Waals surface area contributed by atoms with Crippen molar-refractivity contribution in [2.24, 2.45) is 27.6 Å². The maximum atomic E-state index is 13.2. The number of hydrogen-bond donors (Lipinski definition) is 3. The third kappa shape index (κ3) is 5.06. The molecule has 1 unspecified atom stereocenters. The summed E-state index contributed by atoms with van der Waals surface area (Å²) in [4.78, 5) is 43.6. The normalized spacial score (nSPS) is 40.2. The number of likely N-dealkylation sites (N-methyl/N-ethyl adjacent to an activating group) is 1. The first-order chi connectivity index (χ1) is 21.1. The molecule has 0 aromatic rings. The van der Waals surface area contributed by atoms with E-state index in [4.69, 9.17) is 0 Å². The van der Waals surface area contributed by atoms with Crippen LogP contribution in [0.1, 0.15) is 86.5 Å². The minimum Gasteiger partial charge on any atom is -0.504 e. The van der Waals surface area contributed by atoms with Gasteiger partial charge in [-0.05, 0) is 105 Å². The molecular weight excluding hydrogens is 564 g/mol. The van der Waals surface area contributed by atoms with Crippen molar-refractivity contribution in [1.29, 1.82) is 0 Å². The molecule has 2 amide bonds. The maximum absolute atomic E-state index is 13.2. The third-order valence-corrected chi connectivity index (χ3v) is 13.8. The molecule has 1 aliphatic heterocycles. The first-order valence-corrected chi connectivity index (χ1v) is 17.2. The number of aliphatic hydroxyl groups is 1. The minimum absolute atomic E-state index is 0.0138. The number of fused-ring (bicyclic) bond motifs is 7. The third-order valence-electron chi connectivity index (χ3n) is 13.8. The zero-order valence-corrected chi connectivity index (χ0v) is 28.6. The van der Waals surface area contributed by atoms with Crippen molar-refractivity contribution in [3.05, 3.63) is 46.3 Å². The summed E-state index contributed by atoms with van der Waals surface area (Å²) in [5, 5.41) is 16.5. The zero-order chi connectivity index (χ0) is 32.6. The van der Waals surface area contributed by atoms with E-state index in [2.05, 4.69) is 74.3 Å². The monoisotopic (exact) mass is 618 g/mol. The van der Waals surface area contributed by atoms with Crippen molar-refractivity contribution < 1.29 is 19.5 Å². The number of ketones is 1. The lowest BCUT2D eigenvalue weighted by Gasteiger charge is -2.70. The molecule has 45 heavy (non-hydrogen) atoms. The summed E-state index contributed by atoms with van der Waals surface area (Å²) in [6, 6.07) is 0. The molecule has 6 atom stereocenters. The maximum Gasteiger partial charge on any atom is 0.309 e. The molecule has 246 valence electrons. The van der Waals surface area contributed by atoms with Gasteiger partial charge >= 0.3 is 11.8 Å². The predicted octanol–water partition coefficient (Wildman–Crippen LogP) is 4.85. The smallest absolute Gasteiger partial charge is 0.309 e. The van der Waals surface area contributed by atoms with Gasteiger partial charge < -0.3 is 20.6 Å². The number of amides is 2. The number of carbonyl (C=O) groups excluding carboxylic acids is 3. The fourth-order valence-corrected chi connectivity index (χ4v) is 10.4. The fourth-order valence-electron chi connectivity index (χ4n) is 10.4. The zero-order valence-electron chi connectivity index (χ0n) is 28.6. The molecule has 0 spiro atoms. The van der Waals surface area contributed by atoms with Gasteiger partial charge in [0.1, 0.15) is 0 Å². The van der Waals surface area contributed by atoms with Gasteiger partial charge in [-0.15, -0.1) is 0 Å². The molecule has 8 heteroatoms. The highest BCUT2D eigenvalue weighted by molar-refractivity contribution is 6.35. The Morgan fingerprint density at radius 3 is 2.33 bits per heavy atom. The number of nitrogens with zero attached hydrogens (tertiary/aromatic N) is 2. The van der Waals surface area contributed by atoms with Crippen LogP contribution in [0.4, 0.5) is 0 Å². The predicted molar refractivity (Wildman–Crippen MR) is 176 cm³/mol. The topological polar surface area (TPSA) is 102 Å². The molecule has 8 nitrogen and oxygen atoms in total. The Morgan fingerprint density at radius 1 is 0.933 bits per heavy atom. The van der Waals surface area contributed by atoms with Crippen LogP contribution in [-0.4, -0.2) is 84.4 Å². The summed E-state index contributed by atoms with van der Waals surface area (Å²) in [5.74, 6) is -1.12. The van der Waals surface area contributed by atoms with Crippen molar-refractivity contribution in [3.63, 3.8) is 0 Å². The Bertz CT molecular complexity index is 1440. The van der Waals surface area contributed by atoms with E-state index in [1.54, 1.807) is 6.08 Å².